The number of thiol groups is 1. The van der Waals surface area contributed by atoms with Crippen molar-refractivity contribution in [3.05, 3.63) is 35.4 Å². The zero-order valence-corrected chi connectivity index (χ0v) is 10.2. The molecule has 72 valence electrons. The lowest BCUT2D eigenvalue weighted by atomic mass is 10.2. The summed E-state index contributed by atoms with van der Waals surface area (Å²) in [6.07, 6.45) is 0. The topological polar surface area (TPSA) is 0 Å². The Morgan fingerprint density at radius 2 is 1.69 bits per heavy atom. The lowest BCUT2D eigenvalue weighted by molar-refractivity contribution is 1.35. The summed E-state index contributed by atoms with van der Waals surface area (Å²) >= 11 is 4.22. The van der Waals surface area contributed by atoms with Gasteiger partial charge in [-0.3, -0.25) is 0 Å². The smallest absolute Gasteiger partial charge is 0.0288 e. The highest BCUT2D eigenvalue weighted by atomic mass is 33.1. The van der Waals surface area contributed by atoms with E-state index in [1.807, 2.05) is 21.6 Å². The lowest BCUT2D eigenvalue weighted by Gasteiger charge is -2.01. The first-order chi connectivity index (χ1) is 6.36. The molecular formula is C10H14S3. The SMILES string of the molecule is CCSSCc1ccc(CS)cc1. The molecular weight excluding hydrogens is 216 g/mol. The minimum absolute atomic E-state index is 0.830. The minimum atomic E-state index is 0.830. The van der Waals surface area contributed by atoms with Gasteiger partial charge in [-0.1, -0.05) is 52.8 Å². The average molecular weight is 230 g/mol. The standard InChI is InChI=1S/C10H14S3/c1-2-12-13-8-10-5-3-9(7-11)4-6-10/h3-6,11H,2,7-8H2,1H3. The van der Waals surface area contributed by atoms with E-state index in [0.717, 1.165) is 11.5 Å². The van der Waals surface area contributed by atoms with Crippen LogP contribution in [0.2, 0.25) is 0 Å². The molecule has 1 aromatic rings. The second kappa shape index (κ2) is 6.68. The Hall–Kier alpha value is 0.270. The molecule has 1 rings (SSSR count). The first-order valence-electron chi connectivity index (χ1n) is 4.30. The predicted octanol–water partition coefficient (Wildman–Crippen LogP) is 4.02. The van der Waals surface area contributed by atoms with Gasteiger partial charge in [-0.25, -0.2) is 0 Å². The van der Waals surface area contributed by atoms with Crippen LogP contribution in [0, 0.1) is 0 Å². The van der Waals surface area contributed by atoms with Crippen LogP contribution >= 0.6 is 34.2 Å². The lowest BCUT2D eigenvalue weighted by Crippen LogP contribution is -1.81. The molecule has 0 N–H and O–H groups in total. The normalized spacial score (nSPS) is 10.3. The quantitative estimate of drug-likeness (QED) is 0.461. The molecule has 0 spiro atoms. The van der Waals surface area contributed by atoms with Gasteiger partial charge in [0.05, 0.1) is 0 Å². The van der Waals surface area contributed by atoms with Crippen molar-refractivity contribution in [1.29, 1.82) is 0 Å². The molecule has 1 aromatic carbocycles. The molecule has 3 heteroatoms. The van der Waals surface area contributed by atoms with Crippen LogP contribution in [-0.4, -0.2) is 5.75 Å². The molecule has 0 atom stereocenters. The summed E-state index contributed by atoms with van der Waals surface area (Å²) in [7, 11) is 3.83. The van der Waals surface area contributed by atoms with Gasteiger partial charge < -0.3 is 0 Å². The van der Waals surface area contributed by atoms with Crippen LogP contribution in [0.15, 0.2) is 24.3 Å². The first-order valence-corrected chi connectivity index (χ1v) is 7.42. The Bertz CT molecular complexity index is 230. The van der Waals surface area contributed by atoms with Gasteiger partial charge in [-0.2, -0.15) is 12.6 Å². The zero-order valence-electron chi connectivity index (χ0n) is 7.69. The summed E-state index contributed by atoms with van der Waals surface area (Å²) in [5.74, 6) is 3.11. The molecule has 0 fully saturated rings. The number of hydrogen-bond donors (Lipinski definition) is 1. The maximum atomic E-state index is 4.22. The van der Waals surface area contributed by atoms with Crippen molar-refractivity contribution >= 4 is 34.2 Å². The van der Waals surface area contributed by atoms with Crippen molar-refractivity contribution < 1.29 is 0 Å². The van der Waals surface area contributed by atoms with Crippen LogP contribution in [0.3, 0.4) is 0 Å². The van der Waals surface area contributed by atoms with E-state index in [1.165, 1.54) is 16.9 Å². The molecule has 0 aliphatic heterocycles. The average Bonchev–Trinajstić information content (AvgIpc) is 2.19. The van der Waals surface area contributed by atoms with Crippen molar-refractivity contribution in [2.45, 2.75) is 18.4 Å². The van der Waals surface area contributed by atoms with E-state index in [1.54, 1.807) is 0 Å². The Balaban J connectivity index is 2.40. The Kier molecular flexibility index (Phi) is 5.83. The third-order valence-corrected chi connectivity index (χ3v) is 4.41. The van der Waals surface area contributed by atoms with Crippen molar-refractivity contribution in [3.8, 4) is 0 Å². The monoisotopic (exact) mass is 230 g/mol. The second-order valence-electron chi connectivity index (χ2n) is 2.64. The maximum absolute atomic E-state index is 4.22. The van der Waals surface area contributed by atoms with Gasteiger partial charge in [-0.15, -0.1) is 0 Å². The maximum Gasteiger partial charge on any atom is 0.0288 e. The van der Waals surface area contributed by atoms with Crippen LogP contribution < -0.4 is 0 Å². The van der Waals surface area contributed by atoms with E-state index in [9.17, 15) is 0 Å². The van der Waals surface area contributed by atoms with E-state index in [0.29, 0.717) is 0 Å². The van der Waals surface area contributed by atoms with Gasteiger partial charge in [0.15, 0.2) is 0 Å². The van der Waals surface area contributed by atoms with Crippen molar-refractivity contribution in [3.63, 3.8) is 0 Å². The molecule has 0 radical (unpaired) electrons. The van der Waals surface area contributed by atoms with Crippen LogP contribution in [0.25, 0.3) is 0 Å². The second-order valence-corrected chi connectivity index (χ2v) is 5.71. The van der Waals surface area contributed by atoms with E-state index < -0.39 is 0 Å². The highest BCUT2D eigenvalue weighted by Gasteiger charge is 1.93. The molecule has 0 saturated carbocycles. The minimum Gasteiger partial charge on any atom is -0.175 e. The molecule has 0 aliphatic rings. The molecule has 13 heavy (non-hydrogen) atoms. The van der Waals surface area contributed by atoms with E-state index >= 15 is 0 Å². The van der Waals surface area contributed by atoms with Crippen molar-refractivity contribution in [1.82, 2.24) is 0 Å². The molecule has 0 unspecified atom stereocenters. The van der Waals surface area contributed by atoms with Gasteiger partial charge >= 0.3 is 0 Å². The van der Waals surface area contributed by atoms with Crippen LogP contribution in [0.4, 0.5) is 0 Å². The highest BCUT2D eigenvalue weighted by Crippen LogP contribution is 2.25. The largest absolute Gasteiger partial charge is 0.175 e. The first kappa shape index (κ1) is 11.3. The number of rotatable bonds is 5. The third-order valence-electron chi connectivity index (χ3n) is 1.63. The summed E-state index contributed by atoms with van der Waals surface area (Å²) < 4.78 is 0. The summed E-state index contributed by atoms with van der Waals surface area (Å²) in [6.45, 7) is 2.18. The fraction of sp³-hybridized carbons (Fsp3) is 0.400. The fourth-order valence-electron chi connectivity index (χ4n) is 0.934. The Morgan fingerprint density at radius 1 is 1.08 bits per heavy atom. The summed E-state index contributed by atoms with van der Waals surface area (Å²) in [5.41, 5.74) is 2.69. The molecule has 0 nitrogen and oxygen atoms in total. The van der Waals surface area contributed by atoms with Crippen molar-refractivity contribution in [2.24, 2.45) is 0 Å². The number of hydrogen-bond acceptors (Lipinski definition) is 3. The number of benzene rings is 1. The zero-order chi connectivity index (χ0) is 9.52. The molecule has 0 heterocycles. The Labute approximate surface area is 93.7 Å². The molecule has 0 amide bonds. The van der Waals surface area contributed by atoms with Gasteiger partial charge in [0.25, 0.3) is 0 Å². The van der Waals surface area contributed by atoms with Gasteiger partial charge in [0.1, 0.15) is 0 Å². The summed E-state index contributed by atoms with van der Waals surface area (Å²) in [4.78, 5) is 0. The van der Waals surface area contributed by atoms with Crippen molar-refractivity contribution in [2.75, 3.05) is 5.75 Å². The molecule has 0 saturated heterocycles. The summed E-state index contributed by atoms with van der Waals surface area (Å²) in [6, 6.07) is 8.68. The van der Waals surface area contributed by atoms with Crippen LogP contribution in [0.1, 0.15) is 18.1 Å². The van der Waals surface area contributed by atoms with E-state index in [4.69, 9.17) is 0 Å². The predicted molar refractivity (Wildman–Crippen MR) is 68.6 cm³/mol. The molecule has 0 bridgehead atoms. The van der Waals surface area contributed by atoms with Gasteiger partial charge in [-0.05, 0) is 11.1 Å². The molecule has 0 aromatic heterocycles. The van der Waals surface area contributed by atoms with Gasteiger partial charge in [0, 0.05) is 17.3 Å². The molecule has 0 aliphatic carbocycles. The highest BCUT2D eigenvalue weighted by molar-refractivity contribution is 8.76. The van der Waals surface area contributed by atoms with E-state index in [2.05, 4.69) is 43.8 Å². The fourth-order valence-corrected chi connectivity index (χ4v) is 2.88. The van der Waals surface area contributed by atoms with Crippen LogP contribution in [-0.2, 0) is 11.5 Å². The summed E-state index contributed by atoms with van der Waals surface area (Å²) in [5, 5.41) is 0. The van der Waals surface area contributed by atoms with Gasteiger partial charge in [0.2, 0.25) is 0 Å². The third kappa shape index (κ3) is 4.34. The van der Waals surface area contributed by atoms with E-state index in [-0.39, 0.29) is 0 Å². The Morgan fingerprint density at radius 3 is 2.23 bits per heavy atom. The van der Waals surface area contributed by atoms with Crippen LogP contribution in [0.5, 0.6) is 0 Å².